The highest BCUT2D eigenvalue weighted by molar-refractivity contribution is 5.40. The molecule has 0 amide bonds. The van der Waals surface area contributed by atoms with Crippen LogP contribution in [0.3, 0.4) is 0 Å². The lowest BCUT2D eigenvalue weighted by Gasteiger charge is -2.24. The Labute approximate surface area is 110 Å². The molecule has 0 aliphatic carbocycles. The highest BCUT2D eigenvalue weighted by Gasteiger charge is 2.17. The maximum atomic E-state index is 5.64. The zero-order chi connectivity index (χ0) is 13.6. The molecule has 3 nitrogen and oxygen atoms in total. The molecule has 0 bridgehead atoms. The van der Waals surface area contributed by atoms with E-state index in [9.17, 15) is 0 Å². The Morgan fingerprint density at radius 3 is 2.39 bits per heavy atom. The van der Waals surface area contributed by atoms with Crippen LogP contribution < -0.4 is 15.2 Å². The minimum Gasteiger partial charge on any atom is -0.497 e. The van der Waals surface area contributed by atoms with Crippen LogP contribution >= 0.6 is 0 Å². The largest absolute Gasteiger partial charge is 0.497 e. The number of ether oxygens (including phenoxy) is 2. The van der Waals surface area contributed by atoms with E-state index >= 15 is 0 Å². The van der Waals surface area contributed by atoms with Crippen molar-refractivity contribution in [3.63, 3.8) is 0 Å². The Morgan fingerprint density at radius 2 is 1.83 bits per heavy atom. The number of benzene rings is 1. The minimum absolute atomic E-state index is 0.277. The Kier molecular flexibility index (Phi) is 5.48. The first-order valence-electron chi connectivity index (χ1n) is 6.43. The van der Waals surface area contributed by atoms with E-state index in [1.165, 1.54) is 5.56 Å². The smallest absolute Gasteiger partial charge is 0.125 e. The van der Waals surface area contributed by atoms with Crippen LogP contribution in [-0.2, 0) is 6.42 Å². The number of hydrogen-bond acceptors (Lipinski definition) is 3. The van der Waals surface area contributed by atoms with Gasteiger partial charge >= 0.3 is 0 Å². The predicted molar refractivity (Wildman–Crippen MR) is 75.3 cm³/mol. The standard InChI is InChI=1S/C15H25NO2/c1-15(2,9-10-16)8-7-12-5-6-13(17-3)11-14(12)18-4/h5-6,11H,7-10,16H2,1-4H3. The van der Waals surface area contributed by atoms with Crippen LogP contribution in [0.15, 0.2) is 18.2 Å². The van der Waals surface area contributed by atoms with Crippen molar-refractivity contribution in [2.24, 2.45) is 11.1 Å². The number of rotatable bonds is 7. The quantitative estimate of drug-likeness (QED) is 0.810. The lowest BCUT2D eigenvalue weighted by atomic mass is 9.83. The fourth-order valence-electron chi connectivity index (χ4n) is 2.05. The predicted octanol–water partition coefficient (Wildman–Crippen LogP) is 3.01. The Hall–Kier alpha value is -1.22. The molecule has 2 N–H and O–H groups in total. The normalized spacial score (nSPS) is 11.4. The second-order valence-corrected chi connectivity index (χ2v) is 5.38. The molecular formula is C15H25NO2. The molecular weight excluding hydrogens is 226 g/mol. The van der Waals surface area contributed by atoms with Crippen molar-refractivity contribution >= 4 is 0 Å². The lowest BCUT2D eigenvalue weighted by molar-refractivity contribution is 0.310. The van der Waals surface area contributed by atoms with Gasteiger partial charge in [0.25, 0.3) is 0 Å². The summed E-state index contributed by atoms with van der Waals surface area (Å²) in [6.45, 7) is 5.26. The van der Waals surface area contributed by atoms with Gasteiger partial charge in [-0.2, -0.15) is 0 Å². The highest BCUT2D eigenvalue weighted by Crippen LogP contribution is 2.31. The monoisotopic (exact) mass is 251 g/mol. The number of nitrogens with two attached hydrogens (primary N) is 1. The van der Waals surface area contributed by atoms with E-state index in [1.54, 1.807) is 14.2 Å². The van der Waals surface area contributed by atoms with Crippen LogP contribution in [0.2, 0.25) is 0 Å². The second-order valence-electron chi connectivity index (χ2n) is 5.38. The second kappa shape index (κ2) is 6.64. The molecule has 102 valence electrons. The summed E-state index contributed by atoms with van der Waals surface area (Å²) in [5.74, 6) is 1.73. The van der Waals surface area contributed by atoms with Crippen LogP contribution in [0, 0.1) is 5.41 Å². The van der Waals surface area contributed by atoms with E-state index in [0.29, 0.717) is 0 Å². The molecule has 3 heteroatoms. The molecule has 0 aliphatic rings. The molecule has 0 atom stereocenters. The molecule has 18 heavy (non-hydrogen) atoms. The van der Waals surface area contributed by atoms with Gasteiger partial charge in [0.1, 0.15) is 11.5 Å². The molecule has 0 spiro atoms. The SMILES string of the molecule is COc1ccc(CCC(C)(C)CCN)c(OC)c1. The van der Waals surface area contributed by atoms with Gasteiger partial charge in [-0.1, -0.05) is 19.9 Å². The third-order valence-corrected chi connectivity index (χ3v) is 3.39. The van der Waals surface area contributed by atoms with E-state index < -0.39 is 0 Å². The summed E-state index contributed by atoms with van der Waals surface area (Å²) < 4.78 is 10.6. The molecule has 1 rings (SSSR count). The van der Waals surface area contributed by atoms with E-state index in [0.717, 1.165) is 37.3 Å². The van der Waals surface area contributed by atoms with Crippen molar-refractivity contribution < 1.29 is 9.47 Å². The van der Waals surface area contributed by atoms with Crippen molar-refractivity contribution in [1.82, 2.24) is 0 Å². The average Bonchev–Trinajstić information content (AvgIpc) is 2.36. The van der Waals surface area contributed by atoms with E-state index in [-0.39, 0.29) is 5.41 Å². The molecule has 0 aliphatic heterocycles. The average molecular weight is 251 g/mol. The zero-order valence-corrected chi connectivity index (χ0v) is 12.0. The van der Waals surface area contributed by atoms with Crippen molar-refractivity contribution in [2.45, 2.75) is 33.1 Å². The van der Waals surface area contributed by atoms with Gasteiger partial charge in [-0.15, -0.1) is 0 Å². The summed E-state index contributed by atoms with van der Waals surface area (Å²) in [5, 5.41) is 0. The maximum absolute atomic E-state index is 5.64. The van der Waals surface area contributed by atoms with Gasteiger partial charge in [-0.25, -0.2) is 0 Å². The van der Waals surface area contributed by atoms with E-state index in [2.05, 4.69) is 19.9 Å². The van der Waals surface area contributed by atoms with Gasteiger partial charge in [0.05, 0.1) is 14.2 Å². The van der Waals surface area contributed by atoms with Gasteiger partial charge in [0, 0.05) is 6.07 Å². The summed E-state index contributed by atoms with van der Waals surface area (Å²) >= 11 is 0. The summed E-state index contributed by atoms with van der Waals surface area (Å²) in [5.41, 5.74) is 7.14. The highest BCUT2D eigenvalue weighted by atomic mass is 16.5. The van der Waals surface area contributed by atoms with E-state index in [1.807, 2.05) is 12.1 Å². The van der Waals surface area contributed by atoms with Crippen molar-refractivity contribution in [3.05, 3.63) is 23.8 Å². The first-order chi connectivity index (χ1) is 8.52. The third kappa shape index (κ3) is 4.22. The molecule has 0 saturated heterocycles. The van der Waals surface area contributed by atoms with Crippen LogP contribution in [-0.4, -0.2) is 20.8 Å². The topological polar surface area (TPSA) is 44.5 Å². The fraction of sp³-hybridized carbons (Fsp3) is 0.600. The first-order valence-corrected chi connectivity index (χ1v) is 6.43. The number of methoxy groups -OCH3 is 2. The van der Waals surface area contributed by atoms with Gasteiger partial charge in [-0.3, -0.25) is 0 Å². The maximum Gasteiger partial charge on any atom is 0.125 e. The van der Waals surface area contributed by atoms with Crippen LogP contribution in [0.25, 0.3) is 0 Å². The summed E-state index contributed by atoms with van der Waals surface area (Å²) in [6, 6.07) is 6.00. The fourth-order valence-corrected chi connectivity index (χ4v) is 2.05. The minimum atomic E-state index is 0.277. The molecule has 0 aromatic heterocycles. The van der Waals surface area contributed by atoms with Gasteiger partial charge in [0.15, 0.2) is 0 Å². The summed E-state index contributed by atoms with van der Waals surface area (Å²) in [7, 11) is 3.36. The number of hydrogen-bond donors (Lipinski definition) is 1. The number of aryl methyl sites for hydroxylation is 1. The molecule has 0 fully saturated rings. The van der Waals surface area contributed by atoms with Gasteiger partial charge < -0.3 is 15.2 Å². The van der Waals surface area contributed by atoms with Gasteiger partial charge in [0.2, 0.25) is 0 Å². The molecule has 0 unspecified atom stereocenters. The van der Waals surface area contributed by atoms with Crippen LogP contribution in [0.1, 0.15) is 32.3 Å². The van der Waals surface area contributed by atoms with Gasteiger partial charge in [-0.05, 0) is 42.9 Å². The van der Waals surface area contributed by atoms with Crippen molar-refractivity contribution in [1.29, 1.82) is 0 Å². The lowest BCUT2D eigenvalue weighted by Crippen LogP contribution is -2.18. The van der Waals surface area contributed by atoms with Crippen molar-refractivity contribution in [2.75, 3.05) is 20.8 Å². The molecule has 0 saturated carbocycles. The third-order valence-electron chi connectivity index (χ3n) is 3.39. The molecule has 0 heterocycles. The summed E-state index contributed by atoms with van der Waals surface area (Å²) in [4.78, 5) is 0. The zero-order valence-electron chi connectivity index (χ0n) is 12.0. The summed E-state index contributed by atoms with van der Waals surface area (Å²) in [6.07, 6.45) is 3.15. The van der Waals surface area contributed by atoms with Crippen LogP contribution in [0.4, 0.5) is 0 Å². The Balaban J connectivity index is 2.72. The molecule has 1 aromatic carbocycles. The molecule has 0 radical (unpaired) electrons. The first kappa shape index (κ1) is 14.8. The Morgan fingerprint density at radius 1 is 1.11 bits per heavy atom. The van der Waals surface area contributed by atoms with Crippen molar-refractivity contribution in [3.8, 4) is 11.5 Å². The molecule has 1 aromatic rings. The van der Waals surface area contributed by atoms with E-state index in [4.69, 9.17) is 15.2 Å². The Bertz CT molecular complexity index is 375. The van der Waals surface area contributed by atoms with Crippen LogP contribution in [0.5, 0.6) is 11.5 Å².